The number of rotatable bonds is 6. The van der Waals surface area contributed by atoms with Crippen LogP contribution in [0.15, 0.2) is 97.1 Å². The van der Waals surface area contributed by atoms with Crippen molar-refractivity contribution >= 4 is 41.2 Å². The molecule has 0 radical (unpaired) electrons. The van der Waals surface area contributed by atoms with Crippen LogP contribution < -0.4 is 0 Å². The summed E-state index contributed by atoms with van der Waals surface area (Å²) in [6, 6.07) is 33.6. The Labute approximate surface area is 221 Å². The predicted octanol–water partition coefficient (Wildman–Crippen LogP) is 7.93. The molecule has 2 aliphatic rings. The van der Waals surface area contributed by atoms with Gasteiger partial charge in [-0.1, -0.05) is 97.1 Å². The zero-order chi connectivity index (χ0) is 24.2. The van der Waals surface area contributed by atoms with Crippen LogP contribution in [0.25, 0.3) is 22.3 Å². The van der Waals surface area contributed by atoms with Crippen LogP contribution in [0, 0.1) is 0 Å². The molecule has 0 atom stereocenters. The van der Waals surface area contributed by atoms with Gasteiger partial charge in [0.05, 0.1) is 0 Å². The second-order valence-electron chi connectivity index (χ2n) is 9.59. The van der Waals surface area contributed by atoms with E-state index in [4.69, 9.17) is 0 Å². The first kappa shape index (κ1) is 22.6. The summed E-state index contributed by atoms with van der Waals surface area (Å²) in [6.07, 6.45) is 1.23. The van der Waals surface area contributed by atoms with E-state index in [1.54, 1.807) is 0 Å². The van der Waals surface area contributed by atoms with Gasteiger partial charge in [-0.2, -0.15) is 0 Å². The van der Waals surface area contributed by atoms with E-state index in [1.807, 2.05) is 0 Å². The van der Waals surface area contributed by atoms with Gasteiger partial charge in [0, 0.05) is 23.7 Å². The van der Waals surface area contributed by atoms with Crippen molar-refractivity contribution in [1.82, 2.24) is 0 Å². The number of fused-ring (bicyclic) bond motifs is 6. The Morgan fingerprint density at radius 3 is 1.00 bits per heavy atom. The molecular formula is C31H22Br2O2. The van der Waals surface area contributed by atoms with Crippen LogP contribution in [-0.4, -0.2) is 9.39 Å². The summed E-state index contributed by atoms with van der Waals surface area (Å²) in [5, 5.41) is 0. The maximum atomic E-state index is 12.9. The molecule has 0 aromatic heterocycles. The van der Waals surface area contributed by atoms with Crippen molar-refractivity contribution in [1.29, 1.82) is 0 Å². The predicted molar refractivity (Wildman–Crippen MR) is 147 cm³/mol. The number of hydrogen-bond acceptors (Lipinski definition) is 2. The first-order valence-corrected chi connectivity index (χ1v) is 13.3. The van der Waals surface area contributed by atoms with Gasteiger partial charge in [0.1, 0.15) is 0 Å². The molecule has 0 fully saturated rings. The van der Waals surface area contributed by atoms with Crippen molar-refractivity contribution in [2.45, 2.75) is 30.1 Å². The van der Waals surface area contributed by atoms with Crippen molar-refractivity contribution in [2.75, 3.05) is 0 Å². The Bertz CT molecular complexity index is 1300. The number of carbonyl (C=O) groups is 2. The molecule has 0 unspecified atom stereocenters. The van der Waals surface area contributed by atoms with Crippen LogP contribution in [0.3, 0.4) is 0 Å². The Kier molecular flexibility index (Phi) is 5.43. The highest BCUT2D eigenvalue weighted by Gasteiger charge is 2.53. The molecule has 0 saturated carbocycles. The molecule has 172 valence electrons. The van der Waals surface area contributed by atoms with Crippen LogP contribution in [-0.2, 0) is 20.4 Å². The van der Waals surface area contributed by atoms with Gasteiger partial charge in [0.25, 0.3) is 0 Å². The molecule has 4 heteroatoms. The van der Waals surface area contributed by atoms with Crippen molar-refractivity contribution in [3.05, 3.63) is 119 Å². The van der Waals surface area contributed by atoms with E-state index in [2.05, 4.69) is 129 Å². The fourth-order valence-corrected chi connectivity index (χ4v) is 7.67. The van der Waals surface area contributed by atoms with E-state index >= 15 is 0 Å². The van der Waals surface area contributed by atoms with Crippen molar-refractivity contribution in [3.8, 4) is 22.3 Å². The highest BCUT2D eigenvalue weighted by Crippen LogP contribution is 2.61. The number of benzene rings is 4. The summed E-state index contributed by atoms with van der Waals surface area (Å²) in [7, 11) is 0. The fraction of sp³-hybridized carbons (Fsp3) is 0.161. The molecule has 0 spiro atoms. The first-order valence-electron chi connectivity index (χ1n) is 11.7. The summed E-state index contributed by atoms with van der Waals surface area (Å²) >= 11 is 6.58. The average molecular weight is 586 g/mol. The van der Waals surface area contributed by atoms with Gasteiger partial charge in [0.2, 0.25) is 0 Å². The van der Waals surface area contributed by atoms with E-state index < -0.39 is 10.8 Å². The summed E-state index contributed by atoms with van der Waals surface area (Å²) in [4.78, 5) is 25.7. The van der Waals surface area contributed by atoms with E-state index in [0.29, 0.717) is 19.3 Å². The first-order chi connectivity index (χ1) is 17.0. The zero-order valence-corrected chi connectivity index (χ0v) is 22.1. The minimum absolute atomic E-state index is 0.0381. The van der Waals surface area contributed by atoms with Gasteiger partial charge in [-0.05, 0) is 82.8 Å². The second-order valence-corrected chi connectivity index (χ2v) is 11.4. The lowest BCUT2D eigenvalue weighted by Gasteiger charge is -2.41. The standard InChI is InChI=1S/C31H22Br2O2/c32-28(34)17-30(24-13-5-1-9-20(24)21-10-2-6-14-25(21)30)19-31(18-29(33)35)26-15-7-3-11-22(26)23-12-4-8-16-27(23)31/h1-16H,17-19H2. The third-order valence-electron chi connectivity index (χ3n) is 7.84. The van der Waals surface area contributed by atoms with Crippen LogP contribution in [0.4, 0.5) is 0 Å². The molecule has 2 nitrogen and oxygen atoms in total. The summed E-state index contributed by atoms with van der Waals surface area (Å²) in [6.45, 7) is 0. The molecule has 0 N–H and O–H groups in total. The zero-order valence-electron chi connectivity index (χ0n) is 18.9. The Morgan fingerprint density at radius 2 is 0.743 bits per heavy atom. The highest BCUT2D eigenvalue weighted by molar-refractivity contribution is 9.18. The van der Waals surface area contributed by atoms with E-state index in [-0.39, 0.29) is 9.39 Å². The van der Waals surface area contributed by atoms with Gasteiger partial charge in [-0.3, -0.25) is 9.59 Å². The molecule has 35 heavy (non-hydrogen) atoms. The largest absolute Gasteiger partial charge is 0.287 e. The molecule has 0 amide bonds. The normalized spacial score (nSPS) is 15.6. The molecule has 4 aromatic rings. The van der Waals surface area contributed by atoms with Gasteiger partial charge in [-0.25, -0.2) is 0 Å². The minimum Gasteiger partial charge on any atom is -0.287 e. The maximum absolute atomic E-state index is 12.9. The molecule has 0 heterocycles. The summed E-state index contributed by atoms with van der Waals surface area (Å²) in [5.74, 6) is 0. The van der Waals surface area contributed by atoms with Crippen LogP contribution in [0.5, 0.6) is 0 Å². The SMILES string of the molecule is O=C(Br)CC1(CC2(CC(=O)Br)c3ccccc3-c3ccccc32)c2ccccc2-c2ccccc21. The van der Waals surface area contributed by atoms with E-state index in [0.717, 1.165) is 44.5 Å². The average Bonchev–Trinajstić information content (AvgIpc) is 3.27. The molecule has 4 aromatic carbocycles. The van der Waals surface area contributed by atoms with Crippen molar-refractivity contribution in [2.24, 2.45) is 0 Å². The smallest absolute Gasteiger partial charge is 0.199 e. The van der Waals surface area contributed by atoms with Gasteiger partial charge in [0.15, 0.2) is 9.39 Å². The molecule has 0 bridgehead atoms. The highest BCUT2D eigenvalue weighted by atomic mass is 79.9. The lowest BCUT2D eigenvalue weighted by Crippen LogP contribution is -2.39. The summed E-state index contributed by atoms with van der Waals surface area (Å²) in [5.41, 5.74) is 8.09. The Hall–Kier alpha value is -2.82. The Balaban J connectivity index is 1.68. The third kappa shape index (κ3) is 3.34. The molecule has 2 aliphatic carbocycles. The van der Waals surface area contributed by atoms with Crippen molar-refractivity contribution < 1.29 is 9.59 Å². The molecular weight excluding hydrogens is 564 g/mol. The van der Waals surface area contributed by atoms with Gasteiger partial charge >= 0.3 is 0 Å². The summed E-state index contributed by atoms with van der Waals surface area (Å²) < 4.78 is -0.0761. The van der Waals surface area contributed by atoms with Crippen LogP contribution >= 0.6 is 31.9 Å². The number of hydrogen-bond donors (Lipinski definition) is 0. The van der Waals surface area contributed by atoms with Gasteiger partial charge < -0.3 is 0 Å². The van der Waals surface area contributed by atoms with E-state index in [9.17, 15) is 9.59 Å². The van der Waals surface area contributed by atoms with Gasteiger partial charge in [-0.15, -0.1) is 0 Å². The minimum atomic E-state index is -0.583. The lowest BCUT2D eigenvalue weighted by atomic mass is 9.60. The molecule has 0 aliphatic heterocycles. The fourth-order valence-electron chi connectivity index (χ4n) is 6.71. The Morgan fingerprint density at radius 1 is 0.486 bits per heavy atom. The second kappa shape index (κ2) is 8.39. The monoisotopic (exact) mass is 584 g/mol. The quantitative estimate of drug-likeness (QED) is 0.215. The van der Waals surface area contributed by atoms with Crippen LogP contribution in [0.1, 0.15) is 41.5 Å². The number of carbonyl (C=O) groups excluding carboxylic acids is 2. The lowest BCUT2D eigenvalue weighted by molar-refractivity contribution is -0.111. The van der Waals surface area contributed by atoms with E-state index in [1.165, 1.54) is 0 Å². The topological polar surface area (TPSA) is 34.1 Å². The maximum Gasteiger partial charge on any atom is 0.199 e. The molecule has 0 saturated heterocycles. The number of halogens is 2. The van der Waals surface area contributed by atoms with Crippen molar-refractivity contribution in [3.63, 3.8) is 0 Å². The molecule has 6 rings (SSSR count). The van der Waals surface area contributed by atoms with Crippen LogP contribution in [0.2, 0.25) is 0 Å². The third-order valence-corrected chi connectivity index (χ3v) is 8.40.